The molecule has 0 saturated carbocycles. The lowest BCUT2D eigenvalue weighted by atomic mass is 9.98. The van der Waals surface area contributed by atoms with Crippen molar-refractivity contribution >= 4 is 35.9 Å². The third-order valence-corrected chi connectivity index (χ3v) is 7.63. The maximum absolute atomic E-state index is 13.2. The van der Waals surface area contributed by atoms with Crippen LogP contribution in [-0.4, -0.2) is 99.1 Å². The van der Waals surface area contributed by atoms with Crippen molar-refractivity contribution in [3.63, 3.8) is 0 Å². The van der Waals surface area contributed by atoms with Crippen LogP contribution in [0.5, 0.6) is 0 Å². The number of alkyl carbamates (subject to hydrolysis) is 1. The number of hydrogen-bond donors (Lipinski definition) is 1. The minimum Gasteiger partial charge on any atom is -0.463 e. The van der Waals surface area contributed by atoms with Crippen molar-refractivity contribution in [2.45, 2.75) is 70.4 Å². The fourth-order valence-corrected chi connectivity index (χ4v) is 5.71. The normalized spacial score (nSPS) is 21.3. The van der Waals surface area contributed by atoms with Crippen molar-refractivity contribution in [3.05, 3.63) is 72.3 Å². The first kappa shape index (κ1) is 37.5. The first-order valence-corrected chi connectivity index (χ1v) is 15.7. The molecule has 2 aliphatic rings. The Morgan fingerprint density at radius 1 is 0.740 bits per heavy atom. The molecule has 15 nitrogen and oxygen atoms in total. The molecule has 0 aromatic heterocycles. The second-order valence-electron chi connectivity index (χ2n) is 11.3. The average Bonchev–Trinajstić information content (AvgIpc) is 3.38. The first-order chi connectivity index (χ1) is 23.9. The number of amides is 1. The fourth-order valence-electron chi connectivity index (χ4n) is 5.71. The Hall–Kier alpha value is -5.28. The van der Waals surface area contributed by atoms with Gasteiger partial charge in [-0.25, -0.2) is 9.59 Å². The van der Waals surface area contributed by atoms with E-state index < -0.39 is 85.9 Å². The molecule has 1 aliphatic carbocycles. The molecule has 0 bridgehead atoms. The van der Waals surface area contributed by atoms with E-state index in [4.69, 9.17) is 37.9 Å². The van der Waals surface area contributed by atoms with Gasteiger partial charge in [-0.05, 0) is 22.3 Å². The minimum absolute atomic E-state index is 0.00795. The van der Waals surface area contributed by atoms with Crippen molar-refractivity contribution in [3.8, 4) is 11.1 Å². The zero-order valence-electron chi connectivity index (χ0n) is 28.0. The van der Waals surface area contributed by atoms with Gasteiger partial charge in [-0.2, -0.15) is 0 Å². The molecule has 268 valence electrons. The van der Waals surface area contributed by atoms with Crippen LogP contribution >= 0.6 is 0 Å². The Labute approximate surface area is 288 Å². The summed E-state index contributed by atoms with van der Waals surface area (Å²) >= 11 is 0. The highest BCUT2D eigenvalue weighted by atomic mass is 16.7. The summed E-state index contributed by atoms with van der Waals surface area (Å²) < 4.78 is 43.8. The summed E-state index contributed by atoms with van der Waals surface area (Å²) in [5.41, 5.74) is 4.08. The summed E-state index contributed by atoms with van der Waals surface area (Å²) in [4.78, 5) is 74.2. The number of hydrogen-bond acceptors (Lipinski definition) is 14. The molecule has 2 aromatic rings. The van der Waals surface area contributed by atoms with E-state index in [1.165, 1.54) is 6.08 Å². The van der Waals surface area contributed by atoms with E-state index in [1.54, 1.807) is 0 Å². The summed E-state index contributed by atoms with van der Waals surface area (Å²) in [7, 11) is 0. The number of fused-ring (bicyclic) bond motifs is 3. The highest BCUT2D eigenvalue weighted by Crippen LogP contribution is 2.44. The van der Waals surface area contributed by atoms with Gasteiger partial charge in [0, 0.05) is 33.6 Å². The van der Waals surface area contributed by atoms with Crippen molar-refractivity contribution in [2.24, 2.45) is 0 Å². The number of carbonyl (C=O) groups is 6. The van der Waals surface area contributed by atoms with Gasteiger partial charge in [0.1, 0.15) is 25.9 Å². The smallest absolute Gasteiger partial charge is 0.407 e. The highest BCUT2D eigenvalue weighted by Gasteiger charge is 2.53. The summed E-state index contributed by atoms with van der Waals surface area (Å²) in [6.07, 6.45) is -8.81. The van der Waals surface area contributed by atoms with E-state index in [0.29, 0.717) is 0 Å². The van der Waals surface area contributed by atoms with Gasteiger partial charge in [-0.1, -0.05) is 61.2 Å². The molecule has 4 rings (SSSR count). The first-order valence-electron chi connectivity index (χ1n) is 15.7. The van der Waals surface area contributed by atoms with E-state index in [1.807, 2.05) is 48.5 Å². The molecule has 1 N–H and O–H groups in total. The fraction of sp³-hybridized carbons (Fsp3) is 0.429. The van der Waals surface area contributed by atoms with Gasteiger partial charge in [0.05, 0.1) is 6.54 Å². The molecule has 1 heterocycles. The number of rotatable bonds is 14. The van der Waals surface area contributed by atoms with Crippen LogP contribution in [0.4, 0.5) is 4.79 Å². The molecule has 0 radical (unpaired) electrons. The van der Waals surface area contributed by atoms with Crippen LogP contribution in [0, 0.1) is 0 Å². The Balaban J connectivity index is 1.54. The van der Waals surface area contributed by atoms with Gasteiger partial charge < -0.3 is 43.2 Å². The Bertz CT molecular complexity index is 1540. The summed E-state index contributed by atoms with van der Waals surface area (Å²) in [5, 5.41) is 2.49. The van der Waals surface area contributed by atoms with Crippen molar-refractivity contribution in [2.75, 3.05) is 26.4 Å². The van der Waals surface area contributed by atoms with E-state index >= 15 is 0 Å². The van der Waals surface area contributed by atoms with Crippen LogP contribution in [-0.2, 0) is 61.9 Å². The molecular formula is C35H39NO14. The molecule has 1 aliphatic heterocycles. The maximum Gasteiger partial charge on any atom is 0.407 e. The van der Waals surface area contributed by atoms with Gasteiger partial charge in [-0.15, -0.1) is 0 Å². The van der Waals surface area contributed by atoms with E-state index in [2.05, 4.69) is 11.9 Å². The molecule has 0 unspecified atom stereocenters. The van der Waals surface area contributed by atoms with E-state index in [0.717, 1.165) is 49.9 Å². The lowest BCUT2D eigenvalue weighted by Crippen LogP contribution is -2.64. The van der Waals surface area contributed by atoms with Crippen LogP contribution < -0.4 is 5.32 Å². The number of carbonyl (C=O) groups excluding carboxylic acids is 6. The third kappa shape index (κ3) is 9.66. The second-order valence-corrected chi connectivity index (χ2v) is 11.3. The lowest BCUT2D eigenvalue weighted by molar-refractivity contribution is -0.315. The molecule has 6 atom stereocenters. The van der Waals surface area contributed by atoms with Crippen molar-refractivity contribution in [1.29, 1.82) is 0 Å². The Morgan fingerprint density at radius 2 is 1.30 bits per heavy atom. The summed E-state index contributed by atoms with van der Waals surface area (Å²) in [6, 6.07) is 15.6. The molecule has 0 spiro atoms. The zero-order valence-corrected chi connectivity index (χ0v) is 28.0. The molecule has 50 heavy (non-hydrogen) atoms. The maximum atomic E-state index is 13.2. The van der Waals surface area contributed by atoms with E-state index in [-0.39, 0.29) is 19.1 Å². The number of benzene rings is 2. The molecule has 1 amide bonds. The van der Waals surface area contributed by atoms with Gasteiger partial charge in [0.2, 0.25) is 0 Å². The van der Waals surface area contributed by atoms with Crippen molar-refractivity contribution in [1.82, 2.24) is 5.32 Å². The van der Waals surface area contributed by atoms with E-state index in [9.17, 15) is 28.8 Å². The largest absolute Gasteiger partial charge is 0.463 e. The zero-order chi connectivity index (χ0) is 36.4. The Kier molecular flexibility index (Phi) is 13.1. The molecule has 15 heteroatoms. The van der Waals surface area contributed by atoms with Crippen molar-refractivity contribution < 1.29 is 66.7 Å². The predicted molar refractivity (Wildman–Crippen MR) is 171 cm³/mol. The average molecular weight is 698 g/mol. The monoisotopic (exact) mass is 697 g/mol. The van der Waals surface area contributed by atoms with Crippen LogP contribution in [0.2, 0.25) is 0 Å². The Morgan fingerprint density at radius 3 is 1.86 bits per heavy atom. The number of ether oxygens (including phenoxy) is 8. The lowest BCUT2D eigenvalue weighted by Gasteiger charge is -2.44. The predicted octanol–water partition coefficient (Wildman–Crippen LogP) is 2.72. The molecular weight excluding hydrogens is 658 g/mol. The molecule has 1 fully saturated rings. The SMILES string of the molecule is C=CCOC(=O)[C@H](CNC(=O)OCC1c2ccccc2-c2ccccc21)O[C@@H]1O[C@H](COC(C)=O)[C@@H](OC(C)=O)[C@H](OC(C)=O)[C@H]1OC(C)=O. The van der Waals surface area contributed by atoms with Crippen LogP contribution in [0.25, 0.3) is 11.1 Å². The van der Waals surface area contributed by atoms with Gasteiger partial charge in [0.15, 0.2) is 30.7 Å². The number of esters is 5. The van der Waals surface area contributed by atoms with Crippen LogP contribution in [0.1, 0.15) is 44.7 Å². The topological polar surface area (TPSA) is 188 Å². The summed E-state index contributed by atoms with van der Waals surface area (Å²) in [6.45, 7) is 6.59. The minimum atomic E-state index is -1.71. The highest BCUT2D eigenvalue weighted by molar-refractivity contribution is 5.79. The van der Waals surface area contributed by atoms with Gasteiger partial charge in [-0.3, -0.25) is 19.2 Å². The molecule has 1 saturated heterocycles. The quantitative estimate of drug-likeness (QED) is 0.172. The number of nitrogens with one attached hydrogen (secondary N) is 1. The van der Waals surface area contributed by atoms with Gasteiger partial charge >= 0.3 is 35.9 Å². The van der Waals surface area contributed by atoms with Crippen LogP contribution in [0.3, 0.4) is 0 Å². The third-order valence-electron chi connectivity index (χ3n) is 7.63. The molecule has 2 aromatic carbocycles. The standard InChI is InChI=1S/C35H39NO14/c1-6-15-43-33(41)28(16-36-35(42)45-17-27-25-13-9-7-11-23(25)24-12-8-10-14-26(24)27)49-34-32(48-22(5)40)31(47-21(4)39)30(46-20(3)38)29(50-34)18-44-19(2)37/h6-14,27-32,34H,1,15-18H2,2-5H3,(H,36,42)/t28-,29+,30+,31-,32+,34+/m0/s1. The van der Waals surface area contributed by atoms with Gasteiger partial charge in [0.25, 0.3) is 0 Å². The second kappa shape index (κ2) is 17.4. The van der Waals surface area contributed by atoms with Crippen LogP contribution in [0.15, 0.2) is 61.2 Å². The summed E-state index contributed by atoms with van der Waals surface area (Å²) in [5.74, 6) is -4.45.